The SMILES string of the molecule is CCCOCC1NC(COC)CC[C-]1C.[CH3-].[Lr]. The minimum Gasteiger partial charge on any atom is -0.383 e. The Balaban J connectivity index is 0. The van der Waals surface area contributed by atoms with Crippen LogP contribution in [-0.4, -0.2) is 39.0 Å². The molecule has 1 fully saturated rings. The van der Waals surface area contributed by atoms with Crippen LogP contribution in [-0.2, 0) is 9.47 Å². The van der Waals surface area contributed by atoms with E-state index in [4.69, 9.17) is 9.47 Å². The molecule has 0 aromatic heterocycles. The number of rotatable bonds is 6. The first-order valence-electron chi connectivity index (χ1n) is 5.93. The van der Waals surface area contributed by atoms with Gasteiger partial charge >= 0.3 is 0 Å². The van der Waals surface area contributed by atoms with Crippen molar-refractivity contribution in [2.24, 2.45) is 0 Å². The van der Waals surface area contributed by atoms with E-state index < -0.39 is 0 Å². The molecule has 1 aliphatic heterocycles. The molecular weight excluding hydrogens is 464 g/mol. The summed E-state index contributed by atoms with van der Waals surface area (Å²) in [6, 6.07) is 0.916. The van der Waals surface area contributed by atoms with Crippen molar-refractivity contribution in [1.82, 2.24) is 5.32 Å². The zero-order valence-corrected chi connectivity index (χ0v) is 13.6. The van der Waals surface area contributed by atoms with Gasteiger partial charge in [0.05, 0.1) is 6.61 Å². The Bertz CT molecular complexity index is 169. The summed E-state index contributed by atoms with van der Waals surface area (Å²) < 4.78 is 10.8. The van der Waals surface area contributed by atoms with Gasteiger partial charge in [0.2, 0.25) is 0 Å². The average molecular weight is 491 g/mol. The summed E-state index contributed by atoms with van der Waals surface area (Å²) in [5.74, 6) is 1.51. The van der Waals surface area contributed by atoms with Crippen molar-refractivity contribution in [3.05, 3.63) is 13.3 Å². The smallest absolute Gasteiger partial charge is 0.0614 e. The molecule has 1 N–H and O–H groups in total. The summed E-state index contributed by atoms with van der Waals surface area (Å²) in [6.45, 7) is 6.83. The van der Waals surface area contributed by atoms with Crippen LogP contribution in [0.5, 0.6) is 0 Å². The van der Waals surface area contributed by atoms with Crippen LogP contribution in [0.3, 0.4) is 0 Å². The summed E-state index contributed by atoms with van der Waals surface area (Å²) in [5.41, 5.74) is 0. The molecule has 1 rings (SSSR count). The van der Waals surface area contributed by atoms with Gasteiger partial charge in [-0.05, 0) is 6.42 Å². The number of piperidine rings is 1. The Morgan fingerprint density at radius 1 is 1.35 bits per heavy atom. The molecule has 2 atom stereocenters. The summed E-state index contributed by atoms with van der Waals surface area (Å²) in [4.78, 5) is 0. The quantitative estimate of drug-likeness (QED) is 0.457. The molecule has 0 aromatic rings. The molecule has 4 heteroatoms. The van der Waals surface area contributed by atoms with E-state index in [1.807, 2.05) is 0 Å². The van der Waals surface area contributed by atoms with Gasteiger partial charge in [-0.15, -0.1) is 0 Å². The molecular formula is C13H27LrNO2-2. The maximum atomic E-state index is 5.60. The van der Waals surface area contributed by atoms with Gasteiger partial charge in [0, 0.05) is 26.4 Å². The number of methoxy groups -OCH3 is 1. The van der Waals surface area contributed by atoms with Gasteiger partial charge < -0.3 is 22.2 Å². The van der Waals surface area contributed by atoms with Gasteiger partial charge in [-0.25, -0.2) is 0 Å². The standard InChI is InChI=1S/C12H24NO2.CH3.Lr/c1-4-7-15-9-12-10(2)5-6-11(13-12)8-14-3;;/h11-13H,4-9H2,1-3H3;1H3;/q2*-1;. The third-order valence-electron chi connectivity index (χ3n) is 2.92. The van der Waals surface area contributed by atoms with Gasteiger partial charge in [0.1, 0.15) is 0 Å². The maximum Gasteiger partial charge on any atom is 0.0614 e. The first-order valence-corrected chi connectivity index (χ1v) is 5.93. The predicted molar refractivity (Wildman–Crippen MR) is 68.3 cm³/mol. The third-order valence-corrected chi connectivity index (χ3v) is 2.92. The maximum absolute atomic E-state index is 5.60. The normalized spacial score (nSPS) is 24.9. The fraction of sp³-hybridized carbons (Fsp3) is 0.846. The van der Waals surface area contributed by atoms with Crippen LogP contribution in [0.15, 0.2) is 0 Å². The molecule has 0 spiro atoms. The summed E-state index contributed by atoms with van der Waals surface area (Å²) in [5, 5.41) is 3.58. The van der Waals surface area contributed by atoms with Crippen molar-refractivity contribution >= 4 is 0 Å². The van der Waals surface area contributed by atoms with Crippen molar-refractivity contribution in [3.8, 4) is 0 Å². The van der Waals surface area contributed by atoms with Gasteiger partial charge in [0.25, 0.3) is 0 Å². The second-order valence-corrected chi connectivity index (χ2v) is 4.33. The zero-order chi connectivity index (χ0) is 11.1. The molecule has 0 saturated carbocycles. The molecule has 0 aromatic carbocycles. The molecule has 1 saturated heterocycles. The van der Waals surface area contributed by atoms with Crippen LogP contribution in [0.25, 0.3) is 0 Å². The van der Waals surface area contributed by atoms with Crippen LogP contribution in [0.4, 0.5) is 0 Å². The number of hydrogen-bond acceptors (Lipinski definition) is 3. The molecule has 1 radical (unpaired) electrons. The average Bonchev–Trinajstić information content (AvgIpc) is 2.23. The van der Waals surface area contributed by atoms with E-state index in [1.165, 1.54) is 18.8 Å². The van der Waals surface area contributed by atoms with Gasteiger partial charge in [0.15, 0.2) is 0 Å². The Morgan fingerprint density at radius 2 is 2.06 bits per heavy atom. The summed E-state index contributed by atoms with van der Waals surface area (Å²) in [7, 11) is 1.76. The first-order chi connectivity index (χ1) is 7.27. The van der Waals surface area contributed by atoms with Crippen molar-refractivity contribution < 1.29 is 9.47 Å². The molecule has 0 amide bonds. The van der Waals surface area contributed by atoms with Crippen molar-refractivity contribution in [2.45, 2.75) is 45.2 Å². The fourth-order valence-corrected chi connectivity index (χ4v) is 1.95. The summed E-state index contributed by atoms with van der Waals surface area (Å²) in [6.07, 6.45) is 3.47. The Morgan fingerprint density at radius 3 is 2.65 bits per heavy atom. The predicted octanol–water partition coefficient (Wildman–Crippen LogP) is 2.22. The molecule has 113 valence electrons. The molecule has 17 heavy (non-hydrogen) atoms. The largest absolute Gasteiger partial charge is 0.383 e. The Labute approximate surface area is 101 Å². The molecule has 3 nitrogen and oxygen atoms in total. The second kappa shape index (κ2) is 10.1. The van der Waals surface area contributed by atoms with Crippen LogP contribution in [0.2, 0.25) is 0 Å². The van der Waals surface area contributed by atoms with Crippen molar-refractivity contribution in [3.63, 3.8) is 0 Å². The van der Waals surface area contributed by atoms with Crippen LogP contribution >= 0.6 is 0 Å². The molecule has 1 heterocycles. The van der Waals surface area contributed by atoms with Crippen LogP contribution < -0.4 is 5.32 Å². The van der Waals surface area contributed by atoms with Crippen LogP contribution in [0.1, 0.15) is 33.1 Å². The van der Waals surface area contributed by atoms with Gasteiger partial charge in [-0.3, -0.25) is 5.92 Å². The summed E-state index contributed by atoms with van der Waals surface area (Å²) >= 11 is 0. The number of ether oxygens (including phenoxy) is 2. The minimum atomic E-state index is 0. The molecule has 2 unspecified atom stereocenters. The Kier molecular flexibility index (Phi) is 10.8. The minimum absolute atomic E-state index is 0. The third kappa shape index (κ3) is 6.25. The van der Waals surface area contributed by atoms with E-state index in [-0.39, 0.29) is 7.43 Å². The van der Waals surface area contributed by atoms with Crippen molar-refractivity contribution in [2.75, 3.05) is 26.9 Å². The van der Waals surface area contributed by atoms with E-state index in [0.717, 1.165) is 26.2 Å². The van der Waals surface area contributed by atoms with Crippen molar-refractivity contribution in [1.29, 1.82) is 0 Å². The van der Waals surface area contributed by atoms with E-state index in [0.29, 0.717) is 12.1 Å². The van der Waals surface area contributed by atoms with Gasteiger partial charge in [-0.2, -0.15) is 13.3 Å². The van der Waals surface area contributed by atoms with Gasteiger partial charge in [-0.1, -0.05) is 19.4 Å². The molecule has 0 bridgehead atoms. The van der Waals surface area contributed by atoms with E-state index in [9.17, 15) is 0 Å². The van der Waals surface area contributed by atoms with E-state index in [1.54, 1.807) is 7.11 Å². The Hall–Kier alpha value is -1.12. The second-order valence-electron chi connectivity index (χ2n) is 4.33. The number of nitrogens with one attached hydrogen (secondary N) is 1. The molecule has 1 aliphatic rings. The zero-order valence-electron chi connectivity index (χ0n) is 11.5. The topological polar surface area (TPSA) is 30.5 Å². The first kappa shape index (κ1) is 18.3. The monoisotopic (exact) mass is 491 g/mol. The fourth-order valence-electron chi connectivity index (χ4n) is 1.95. The van der Waals surface area contributed by atoms with Crippen LogP contribution in [0, 0.1) is 13.3 Å². The van der Waals surface area contributed by atoms with E-state index in [2.05, 4.69) is 19.2 Å². The number of hydrogen-bond donors (Lipinski definition) is 1. The molecule has 0 aliphatic carbocycles. The van der Waals surface area contributed by atoms with E-state index >= 15 is 0 Å².